The maximum absolute atomic E-state index is 13.1. The van der Waals surface area contributed by atoms with E-state index in [4.69, 9.17) is 21.7 Å². The Morgan fingerprint density at radius 3 is 2.62 bits per heavy atom. The van der Waals surface area contributed by atoms with Crippen LogP contribution in [-0.4, -0.2) is 21.9 Å². The van der Waals surface area contributed by atoms with E-state index in [-0.39, 0.29) is 18.4 Å². The Morgan fingerprint density at radius 2 is 1.85 bits per heavy atom. The summed E-state index contributed by atoms with van der Waals surface area (Å²) in [6.07, 6.45) is 1.62. The topological polar surface area (TPSA) is 81.9 Å². The summed E-state index contributed by atoms with van der Waals surface area (Å²) in [6, 6.07) is 17.9. The SMILES string of the molecule is Cc1ccc(Sc2ccc(/C=C3\SC(=S)N(c4ccc5c(c4)OCO5)C3=O)cc2[N+](=O)[O-])cc1. The van der Waals surface area contributed by atoms with Crippen molar-refractivity contribution in [2.75, 3.05) is 11.7 Å². The molecular weight excluding hydrogens is 492 g/mol. The Morgan fingerprint density at radius 1 is 1.09 bits per heavy atom. The quantitative estimate of drug-likeness (QED) is 0.175. The van der Waals surface area contributed by atoms with Gasteiger partial charge >= 0.3 is 0 Å². The first-order valence-corrected chi connectivity index (χ1v) is 12.1. The molecule has 0 N–H and O–H groups in total. The van der Waals surface area contributed by atoms with E-state index in [0.29, 0.717) is 36.9 Å². The second-order valence-electron chi connectivity index (χ2n) is 7.45. The molecule has 3 aromatic carbocycles. The lowest BCUT2D eigenvalue weighted by Crippen LogP contribution is -2.27. The van der Waals surface area contributed by atoms with Crippen molar-refractivity contribution in [1.82, 2.24) is 0 Å². The lowest BCUT2D eigenvalue weighted by atomic mass is 10.2. The van der Waals surface area contributed by atoms with Crippen molar-refractivity contribution in [3.63, 3.8) is 0 Å². The number of thioether (sulfide) groups is 1. The number of carbonyl (C=O) groups is 1. The molecule has 7 nitrogen and oxygen atoms in total. The van der Waals surface area contributed by atoms with Gasteiger partial charge in [-0.2, -0.15) is 0 Å². The molecule has 34 heavy (non-hydrogen) atoms. The van der Waals surface area contributed by atoms with Gasteiger partial charge < -0.3 is 9.47 Å². The van der Waals surface area contributed by atoms with Crippen molar-refractivity contribution < 1.29 is 19.2 Å². The number of ether oxygens (including phenoxy) is 2. The standard InChI is InChI=1S/C24H16N2O5S3/c1-14-2-6-17(7-3-14)33-21-9-4-15(10-18(21)26(28)29)11-22-23(27)25(24(32)34-22)16-5-8-19-20(12-16)31-13-30-19/h2-12H,13H2,1H3/b22-11-. The van der Waals surface area contributed by atoms with Crippen molar-refractivity contribution >= 4 is 63.4 Å². The molecule has 2 heterocycles. The number of rotatable bonds is 5. The summed E-state index contributed by atoms with van der Waals surface area (Å²) < 4.78 is 11.1. The minimum Gasteiger partial charge on any atom is -0.454 e. The molecule has 0 aliphatic carbocycles. The van der Waals surface area contributed by atoms with Gasteiger partial charge in [-0.3, -0.25) is 19.8 Å². The molecule has 1 saturated heterocycles. The van der Waals surface area contributed by atoms with Gasteiger partial charge in [0.2, 0.25) is 6.79 Å². The lowest BCUT2D eigenvalue weighted by molar-refractivity contribution is -0.387. The van der Waals surface area contributed by atoms with E-state index in [0.717, 1.165) is 22.2 Å². The molecule has 0 bridgehead atoms. The molecule has 0 spiro atoms. The van der Waals surface area contributed by atoms with Gasteiger partial charge in [0.15, 0.2) is 15.8 Å². The van der Waals surface area contributed by atoms with Crippen molar-refractivity contribution in [3.05, 3.63) is 86.8 Å². The summed E-state index contributed by atoms with van der Waals surface area (Å²) in [5.74, 6) is 0.864. The average molecular weight is 509 g/mol. The number of aryl methyl sites for hydroxylation is 1. The number of benzene rings is 3. The maximum Gasteiger partial charge on any atom is 0.283 e. The van der Waals surface area contributed by atoms with Gasteiger partial charge in [0.1, 0.15) is 0 Å². The zero-order valence-electron chi connectivity index (χ0n) is 17.7. The Hall–Kier alpha value is -3.34. The predicted molar refractivity (Wildman–Crippen MR) is 137 cm³/mol. The van der Waals surface area contributed by atoms with Gasteiger partial charge in [0, 0.05) is 17.0 Å². The smallest absolute Gasteiger partial charge is 0.283 e. The van der Waals surface area contributed by atoms with E-state index >= 15 is 0 Å². The fourth-order valence-electron chi connectivity index (χ4n) is 3.45. The minimum absolute atomic E-state index is 0.0226. The van der Waals surface area contributed by atoms with Gasteiger partial charge in [0.05, 0.1) is 20.4 Å². The van der Waals surface area contributed by atoms with Crippen LogP contribution in [-0.2, 0) is 4.79 Å². The number of nitro groups is 1. The second-order valence-corrected chi connectivity index (χ2v) is 10.2. The fraction of sp³-hybridized carbons (Fsp3) is 0.0833. The third-order valence-electron chi connectivity index (χ3n) is 5.13. The van der Waals surface area contributed by atoms with Crippen molar-refractivity contribution in [1.29, 1.82) is 0 Å². The molecule has 1 amide bonds. The first kappa shape index (κ1) is 22.5. The highest BCUT2D eigenvalue weighted by Crippen LogP contribution is 2.41. The Bertz CT molecular complexity index is 1370. The summed E-state index contributed by atoms with van der Waals surface area (Å²) in [7, 11) is 0. The first-order valence-electron chi connectivity index (χ1n) is 10.1. The van der Waals surface area contributed by atoms with Crippen LogP contribution in [0.3, 0.4) is 0 Å². The van der Waals surface area contributed by atoms with Crippen molar-refractivity contribution in [2.45, 2.75) is 16.7 Å². The number of thiocarbonyl (C=S) groups is 1. The van der Waals surface area contributed by atoms with Crippen LogP contribution >= 0.6 is 35.7 Å². The van der Waals surface area contributed by atoms with Crippen LogP contribution in [0.5, 0.6) is 11.5 Å². The minimum atomic E-state index is -0.411. The van der Waals surface area contributed by atoms with Crippen LogP contribution < -0.4 is 14.4 Å². The Balaban J connectivity index is 1.42. The number of hydrogen-bond acceptors (Lipinski definition) is 8. The molecule has 3 aromatic rings. The zero-order valence-corrected chi connectivity index (χ0v) is 20.2. The Kier molecular flexibility index (Phi) is 6.03. The molecule has 0 aromatic heterocycles. The van der Waals surface area contributed by atoms with Crippen LogP contribution in [0.15, 0.2) is 75.4 Å². The molecule has 170 valence electrons. The molecule has 5 rings (SSSR count). The second kappa shape index (κ2) is 9.13. The molecule has 0 unspecified atom stereocenters. The highest BCUT2D eigenvalue weighted by atomic mass is 32.2. The van der Waals surface area contributed by atoms with Crippen LogP contribution in [0.4, 0.5) is 11.4 Å². The summed E-state index contributed by atoms with van der Waals surface area (Å²) in [6.45, 7) is 2.12. The Labute approximate surface area is 208 Å². The normalized spacial score (nSPS) is 15.9. The predicted octanol–water partition coefficient (Wildman–Crippen LogP) is 6.19. The van der Waals surface area contributed by atoms with Crippen LogP contribution in [0.1, 0.15) is 11.1 Å². The molecular formula is C24H16N2O5S3. The van der Waals surface area contributed by atoms with E-state index < -0.39 is 4.92 Å². The molecule has 0 saturated carbocycles. The highest BCUT2D eigenvalue weighted by molar-refractivity contribution is 8.27. The molecule has 1 fully saturated rings. The van der Waals surface area contributed by atoms with E-state index in [1.807, 2.05) is 31.2 Å². The summed E-state index contributed by atoms with van der Waals surface area (Å²) >= 11 is 7.91. The lowest BCUT2D eigenvalue weighted by Gasteiger charge is -2.14. The number of carbonyl (C=O) groups excluding carboxylic acids is 1. The fourth-order valence-corrected chi connectivity index (χ4v) is 5.65. The summed E-state index contributed by atoms with van der Waals surface area (Å²) in [5.41, 5.74) is 2.22. The molecule has 10 heteroatoms. The number of anilines is 1. The first-order chi connectivity index (χ1) is 16.4. The van der Waals surface area contributed by atoms with Gasteiger partial charge in [-0.1, -0.05) is 59.5 Å². The zero-order chi connectivity index (χ0) is 23.8. The largest absolute Gasteiger partial charge is 0.454 e. The molecule has 2 aliphatic rings. The number of hydrogen-bond donors (Lipinski definition) is 0. The van der Waals surface area contributed by atoms with E-state index in [1.165, 1.54) is 22.7 Å². The number of nitro benzene ring substituents is 1. The van der Waals surface area contributed by atoms with Gasteiger partial charge in [-0.25, -0.2) is 0 Å². The summed E-state index contributed by atoms with van der Waals surface area (Å²) in [5, 5.41) is 11.8. The maximum atomic E-state index is 13.1. The van der Waals surface area contributed by atoms with Gasteiger partial charge in [0.25, 0.3) is 11.6 Å². The number of fused-ring (bicyclic) bond motifs is 1. The summed E-state index contributed by atoms with van der Waals surface area (Å²) in [4.78, 5) is 27.7. The molecule has 2 aliphatic heterocycles. The number of amides is 1. The average Bonchev–Trinajstić information content (AvgIpc) is 3.39. The monoisotopic (exact) mass is 508 g/mol. The van der Waals surface area contributed by atoms with E-state index in [1.54, 1.807) is 36.4 Å². The van der Waals surface area contributed by atoms with Crippen molar-refractivity contribution in [2.24, 2.45) is 0 Å². The molecule has 0 radical (unpaired) electrons. The van der Waals surface area contributed by atoms with Crippen molar-refractivity contribution in [3.8, 4) is 11.5 Å². The van der Waals surface area contributed by atoms with Crippen LogP contribution in [0.25, 0.3) is 6.08 Å². The van der Waals surface area contributed by atoms with Crippen LogP contribution in [0.2, 0.25) is 0 Å². The van der Waals surface area contributed by atoms with Crippen LogP contribution in [0, 0.1) is 17.0 Å². The van der Waals surface area contributed by atoms with Gasteiger partial charge in [-0.15, -0.1) is 0 Å². The third-order valence-corrected chi connectivity index (χ3v) is 7.51. The van der Waals surface area contributed by atoms with Gasteiger partial charge in [-0.05, 0) is 48.9 Å². The third kappa shape index (κ3) is 4.39. The van der Waals surface area contributed by atoms with E-state index in [9.17, 15) is 14.9 Å². The van der Waals surface area contributed by atoms with E-state index in [2.05, 4.69) is 0 Å². The number of nitrogens with zero attached hydrogens (tertiary/aromatic N) is 2. The highest BCUT2D eigenvalue weighted by Gasteiger charge is 2.34. The molecule has 0 atom stereocenters.